The third-order valence-electron chi connectivity index (χ3n) is 3.20. The Bertz CT molecular complexity index is 631. The molecular formula is C15H15N3O3. The van der Waals surface area contributed by atoms with Gasteiger partial charge in [-0.05, 0) is 24.5 Å². The predicted molar refractivity (Wildman–Crippen MR) is 76.5 cm³/mol. The van der Waals surface area contributed by atoms with Crippen molar-refractivity contribution in [1.82, 2.24) is 5.32 Å². The maximum absolute atomic E-state index is 11.8. The summed E-state index contributed by atoms with van der Waals surface area (Å²) in [4.78, 5) is 24.1. The molecule has 1 aliphatic heterocycles. The third kappa shape index (κ3) is 3.60. The van der Waals surface area contributed by atoms with Gasteiger partial charge >= 0.3 is 5.97 Å². The number of benzene rings is 1. The summed E-state index contributed by atoms with van der Waals surface area (Å²) in [6.07, 6.45) is 3.38. The van der Waals surface area contributed by atoms with Gasteiger partial charge in [0.15, 0.2) is 0 Å². The summed E-state index contributed by atoms with van der Waals surface area (Å²) in [6, 6.07) is 9.64. The number of carbonyl (C=O) groups is 2. The molecule has 0 aliphatic carbocycles. The number of hydrogen-bond donors (Lipinski definition) is 2. The van der Waals surface area contributed by atoms with Crippen LogP contribution in [0.2, 0.25) is 0 Å². The average Bonchev–Trinajstić information content (AvgIpc) is 2.50. The number of aliphatic carboxylic acids is 1. The highest BCUT2D eigenvalue weighted by molar-refractivity contribution is 5.98. The molecule has 1 aliphatic rings. The van der Waals surface area contributed by atoms with Gasteiger partial charge in [-0.15, -0.1) is 0 Å². The molecule has 1 aromatic carbocycles. The molecule has 2 N–H and O–H groups in total. The Kier molecular flexibility index (Phi) is 4.57. The van der Waals surface area contributed by atoms with Crippen LogP contribution >= 0.6 is 0 Å². The lowest BCUT2D eigenvalue weighted by Gasteiger charge is -2.28. The molecule has 0 fully saturated rings. The first-order valence-electron chi connectivity index (χ1n) is 6.58. The molecule has 0 saturated heterocycles. The summed E-state index contributed by atoms with van der Waals surface area (Å²) >= 11 is 0. The van der Waals surface area contributed by atoms with Crippen LogP contribution < -0.4 is 10.2 Å². The molecule has 0 saturated carbocycles. The van der Waals surface area contributed by atoms with Crippen molar-refractivity contribution in [3.8, 4) is 6.07 Å². The van der Waals surface area contributed by atoms with Crippen molar-refractivity contribution in [2.45, 2.75) is 12.8 Å². The zero-order chi connectivity index (χ0) is 15.2. The van der Waals surface area contributed by atoms with Crippen LogP contribution in [0.3, 0.4) is 0 Å². The largest absolute Gasteiger partial charge is 0.480 e. The fraction of sp³-hybridized carbons (Fsp3) is 0.267. The van der Waals surface area contributed by atoms with E-state index in [2.05, 4.69) is 5.32 Å². The minimum absolute atomic E-state index is 0.104. The fourth-order valence-electron chi connectivity index (χ4n) is 2.24. The smallest absolute Gasteiger partial charge is 0.322 e. The minimum Gasteiger partial charge on any atom is -0.480 e. The van der Waals surface area contributed by atoms with Crippen molar-refractivity contribution in [3.63, 3.8) is 0 Å². The van der Waals surface area contributed by atoms with E-state index >= 15 is 0 Å². The number of fused-ring (bicyclic) bond motifs is 1. The van der Waals surface area contributed by atoms with Crippen LogP contribution in [0.25, 0.3) is 0 Å². The Balaban J connectivity index is 2.20. The van der Waals surface area contributed by atoms with Gasteiger partial charge in [-0.3, -0.25) is 9.59 Å². The summed E-state index contributed by atoms with van der Waals surface area (Å²) < 4.78 is 0. The second-order valence-electron chi connectivity index (χ2n) is 4.66. The molecule has 1 amide bonds. The van der Waals surface area contributed by atoms with E-state index in [1.54, 1.807) is 0 Å². The summed E-state index contributed by atoms with van der Waals surface area (Å²) in [6.45, 7) is 0.211. The van der Waals surface area contributed by atoms with E-state index in [0.717, 1.165) is 18.5 Å². The second kappa shape index (κ2) is 6.57. The number of para-hydroxylation sites is 1. The number of carboxylic acid groups (broad SMARTS) is 1. The Morgan fingerprint density at radius 2 is 2.19 bits per heavy atom. The number of anilines is 1. The molecule has 0 aromatic heterocycles. The number of nitriles is 1. The van der Waals surface area contributed by atoms with Crippen LogP contribution in [0.4, 0.5) is 5.69 Å². The number of carbonyl (C=O) groups excluding carboxylic acids is 1. The minimum atomic E-state index is -1.15. The van der Waals surface area contributed by atoms with E-state index in [4.69, 9.17) is 10.4 Å². The van der Waals surface area contributed by atoms with Gasteiger partial charge in [0.2, 0.25) is 0 Å². The predicted octanol–water partition coefficient (Wildman–Crippen LogP) is 1.05. The van der Waals surface area contributed by atoms with Crippen LogP contribution in [0, 0.1) is 11.3 Å². The number of rotatable bonds is 4. The van der Waals surface area contributed by atoms with Gasteiger partial charge in [-0.2, -0.15) is 5.26 Å². The van der Waals surface area contributed by atoms with Crippen molar-refractivity contribution < 1.29 is 14.7 Å². The molecule has 2 rings (SSSR count). The van der Waals surface area contributed by atoms with E-state index in [-0.39, 0.29) is 5.57 Å². The first kappa shape index (κ1) is 14.6. The van der Waals surface area contributed by atoms with Crippen LogP contribution in [-0.2, 0) is 16.0 Å². The normalized spacial score (nSPS) is 14.0. The Morgan fingerprint density at radius 1 is 1.43 bits per heavy atom. The van der Waals surface area contributed by atoms with Crippen molar-refractivity contribution in [1.29, 1.82) is 5.26 Å². The van der Waals surface area contributed by atoms with Gasteiger partial charge in [-0.25, -0.2) is 0 Å². The number of nitrogens with one attached hydrogen (secondary N) is 1. The number of carboxylic acids is 1. The second-order valence-corrected chi connectivity index (χ2v) is 4.66. The summed E-state index contributed by atoms with van der Waals surface area (Å²) in [7, 11) is 0. The van der Waals surface area contributed by atoms with Gasteiger partial charge in [-0.1, -0.05) is 18.2 Å². The van der Waals surface area contributed by atoms with Crippen molar-refractivity contribution in [2.24, 2.45) is 0 Å². The standard InChI is InChI=1S/C15H15N3O3/c16-8-12(15(21)17-9-14(19)20)10-18-7-3-5-11-4-1-2-6-13(11)18/h1-2,4,6,10H,3,5,7,9H2,(H,17,21)(H,19,20)/b12-10-. The van der Waals surface area contributed by atoms with Crippen LogP contribution in [0.5, 0.6) is 0 Å². The number of nitrogens with zero attached hydrogens (tertiary/aromatic N) is 2. The molecule has 108 valence electrons. The van der Waals surface area contributed by atoms with Crippen LogP contribution in [0.15, 0.2) is 36.0 Å². The monoisotopic (exact) mass is 285 g/mol. The first-order valence-corrected chi connectivity index (χ1v) is 6.58. The highest BCUT2D eigenvalue weighted by Gasteiger charge is 2.17. The average molecular weight is 285 g/mol. The molecule has 6 heteroatoms. The summed E-state index contributed by atoms with van der Waals surface area (Å²) in [5.41, 5.74) is 2.04. The van der Waals surface area contributed by atoms with Gasteiger partial charge in [0.05, 0.1) is 0 Å². The van der Waals surface area contributed by atoms with Crippen LogP contribution in [-0.4, -0.2) is 30.1 Å². The lowest BCUT2D eigenvalue weighted by Crippen LogP contribution is -2.32. The van der Waals surface area contributed by atoms with Crippen LogP contribution in [0.1, 0.15) is 12.0 Å². The summed E-state index contributed by atoms with van der Waals surface area (Å²) in [5, 5.41) is 19.8. The topological polar surface area (TPSA) is 93.4 Å². The van der Waals surface area contributed by atoms with Gasteiger partial charge in [0.25, 0.3) is 5.91 Å². The Hall–Kier alpha value is -2.81. The zero-order valence-corrected chi connectivity index (χ0v) is 11.4. The molecule has 1 aromatic rings. The molecule has 0 spiro atoms. The van der Waals surface area contributed by atoms with E-state index in [1.165, 1.54) is 11.8 Å². The highest BCUT2D eigenvalue weighted by Crippen LogP contribution is 2.27. The SMILES string of the molecule is N#C/C(=C/N1CCCc2ccccc21)C(=O)NCC(=O)O. The molecule has 0 unspecified atom stereocenters. The van der Waals surface area contributed by atoms with Crippen molar-refractivity contribution in [2.75, 3.05) is 18.0 Å². The number of aryl methyl sites for hydroxylation is 1. The lowest BCUT2D eigenvalue weighted by atomic mass is 10.0. The maximum Gasteiger partial charge on any atom is 0.322 e. The van der Waals surface area contributed by atoms with Gasteiger partial charge in [0, 0.05) is 18.4 Å². The van der Waals surface area contributed by atoms with E-state index in [9.17, 15) is 9.59 Å². The number of hydrogen-bond acceptors (Lipinski definition) is 4. The zero-order valence-electron chi connectivity index (χ0n) is 11.4. The third-order valence-corrected chi connectivity index (χ3v) is 3.20. The molecule has 21 heavy (non-hydrogen) atoms. The summed E-state index contributed by atoms with van der Waals surface area (Å²) in [5.74, 6) is -1.83. The molecule has 0 atom stereocenters. The molecule has 6 nitrogen and oxygen atoms in total. The number of amides is 1. The Labute approximate surface area is 122 Å². The fourth-order valence-corrected chi connectivity index (χ4v) is 2.24. The van der Waals surface area contributed by atoms with E-state index in [1.807, 2.05) is 35.2 Å². The maximum atomic E-state index is 11.8. The van der Waals surface area contributed by atoms with Gasteiger partial charge < -0.3 is 15.3 Å². The molecule has 1 heterocycles. The van der Waals surface area contributed by atoms with E-state index in [0.29, 0.717) is 6.54 Å². The Morgan fingerprint density at radius 3 is 2.90 bits per heavy atom. The van der Waals surface area contributed by atoms with Crippen molar-refractivity contribution in [3.05, 3.63) is 41.6 Å². The lowest BCUT2D eigenvalue weighted by molar-refractivity contribution is -0.137. The van der Waals surface area contributed by atoms with Gasteiger partial charge in [0.1, 0.15) is 18.2 Å². The quantitative estimate of drug-likeness (QED) is 0.637. The molecular weight excluding hydrogens is 270 g/mol. The highest BCUT2D eigenvalue weighted by atomic mass is 16.4. The van der Waals surface area contributed by atoms with E-state index < -0.39 is 18.4 Å². The first-order chi connectivity index (χ1) is 10.1. The molecule has 0 radical (unpaired) electrons. The molecule has 0 bridgehead atoms. The van der Waals surface area contributed by atoms with Crippen molar-refractivity contribution >= 4 is 17.6 Å².